The minimum atomic E-state index is -0.380. The fourth-order valence-electron chi connectivity index (χ4n) is 4.35. The number of ether oxygens (including phenoxy) is 2. The van der Waals surface area contributed by atoms with Crippen molar-refractivity contribution < 1.29 is 19.4 Å². The molecule has 0 saturated carbocycles. The van der Waals surface area contributed by atoms with E-state index in [9.17, 15) is 9.90 Å². The molecule has 2 aromatic heterocycles. The lowest BCUT2D eigenvalue weighted by Crippen LogP contribution is -2.30. The Morgan fingerprint density at radius 3 is 2.00 bits per heavy atom. The van der Waals surface area contributed by atoms with E-state index >= 15 is 0 Å². The van der Waals surface area contributed by atoms with Crippen LogP contribution in [0.3, 0.4) is 0 Å². The highest BCUT2D eigenvalue weighted by Gasteiger charge is 2.20. The van der Waals surface area contributed by atoms with Crippen LogP contribution in [0, 0.1) is 0 Å². The SMILES string of the molecule is CCC[C@@H](CO)Nc1nc(N(Cc2ccc(OC)cc2)Cc2ccc(OC)cc2)nc2ccn(OC)c(=O)c12. The molecule has 4 aromatic rings. The first-order valence-electron chi connectivity index (χ1n) is 12.9. The molecule has 2 heterocycles. The number of nitrogens with one attached hydrogen (secondary N) is 1. The van der Waals surface area contributed by atoms with Crippen LogP contribution in [0.5, 0.6) is 11.5 Å². The fourth-order valence-corrected chi connectivity index (χ4v) is 4.35. The van der Waals surface area contributed by atoms with Gasteiger partial charge in [0.1, 0.15) is 29.8 Å². The third kappa shape index (κ3) is 6.58. The summed E-state index contributed by atoms with van der Waals surface area (Å²) < 4.78 is 11.8. The summed E-state index contributed by atoms with van der Waals surface area (Å²) in [4.78, 5) is 30.1. The topological polar surface area (TPSA) is 111 Å². The normalized spacial score (nSPS) is 11.7. The molecular formula is C29H35N5O5. The van der Waals surface area contributed by atoms with Gasteiger partial charge in [-0.15, -0.1) is 0 Å². The van der Waals surface area contributed by atoms with Crippen LogP contribution in [0.15, 0.2) is 65.6 Å². The van der Waals surface area contributed by atoms with E-state index in [4.69, 9.17) is 24.3 Å². The molecule has 0 aliphatic heterocycles. The largest absolute Gasteiger partial charge is 0.497 e. The lowest BCUT2D eigenvalue weighted by Gasteiger charge is -2.25. The quantitative estimate of drug-likeness (QED) is 0.266. The van der Waals surface area contributed by atoms with Crippen molar-refractivity contribution in [3.63, 3.8) is 0 Å². The van der Waals surface area contributed by atoms with E-state index in [1.807, 2.05) is 60.4 Å². The number of hydrogen-bond acceptors (Lipinski definition) is 9. The number of anilines is 2. The molecule has 10 heteroatoms. The average Bonchev–Trinajstić information content (AvgIpc) is 2.97. The molecule has 0 unspecified atom stereocenters. The second kappa shape index (κ2) is 13.0. The molecule has 4 rings (SSSR count). The van der Waals surface area contributed by atoms with Crippen molar-refractivity contribution in [2.45, 2.75) is 38.9 Å². The van der Waals surface area contributed by atoms with E-state index in [0.717, 1.165) is 33.8 Å². The van der Waals surface area contributed by atoms with Crippen LogP contribution in [-0.2, 0) is 13.1 Å². The molecule has 0 fully saturated rings. The van der Waals surface area contributed by atoms with Crippen molar-refractivity contribution in [2.24, 2.45) is 0 Å². The number of aliphatic hydroxyl groups is 1. The molecule has 0 saturated heterocycles. The molecule has 2 N–H and O–H groups in total. The van der Waals surface area contributed by atoms with Crippen LogP contribution in [0.1, 0.15) is 30.9 Å². The number of aromatic nitrogens is 3. The fraction of sp³-hybridized carbons (Fsp3) is 0.345. The van der Waals surface area contributed by atoms with Crippen molar-refractivity contribution in [1.82, 2.24) is 14.7 Å². The molecule has 0 amide bonds. The summed E-state index contributed by atoms with van der Waals surface area (Å²) in [6.45, 7) is 2.96. The minimum absolute atomic E-state index is 0.0959. The van der Waals surface area contributed by atoms with Crippen molar-refractivity contribution in [3.8, 4) is 11.5 Å². The van der Waals surface area contributed by atoms with Crippen molar-refractivity contribution in [3.05, 3.63) is 82.3 Å². The molecular weight excluding hydrogens is 498 g/mol. The second-order valence-electron chi connectivity index (χ2n) is 9.13. The smallest absolute Gasteiger partial charge is 0.296 e. The highest BCUT2D eigenvalue weighted by molar-refractivity contribution is 5.89. The van der Waals surface area contributed by atoms with E-state index in [1.165, 1.54) is 13.3 Å². The van der Waals surface area contributed by atoms with E-state index < -0.39 is 0 Å². The summed E-state index contributed by atoms with van der Waals surface area (Å²) in [5.74, 6) is 2.34. The summed E-state index contributed by atoms with van der Waals surface area (Å²) in [5.41, 5.74) is 2.17. The Morgan fingerprint density at radius 2 is 1.51 bits per heavy atom. The van der Waals surface area contributed by atoms with Crippen molar-refractivity contribution in [2.75, 3.05) is 38.2 Å². The Kier molecular flexibility index (Phi) is 9.22. The molecule has 39 heavy (non-hydrogen) atoms. The molecule has 0 aliphatic rings. The summed E-state index contributed by atoms with van der Waals surface area (Å²) >= 11 is 0. The maximum atomic E-state index is 13.2. The van der Waals surface area contributed by atoms with Gasteiger partial charge in [0.05, 0.1) is 38.6 Å². The van der Waals surface area contributed by atoms with Gasteiger partial charge in [-0.25, -0.2) is 4.98 Å². The van der Waals surface area contributed by atoms with E-state index in [2.05, 4.69) is 5.32 Å². The van der Waals surface area contributed by atoms with Crippen molar-refractivity contribution >= 4 is 22.7 Å². The minimum Gasteiger partial charge on any atom is -0.497 e. The Balaban J connectivity index is 1.82. The number of nitrogens with zero attached hydrogens (tertiary/aromatic N) is 4. The molecule has 0 bridgehead atoms. The van der Waals surface area contributed by atoms with Crippen molar-refractivity contribution in [1.29, 1.82) is 0 Å². The first-order chi connectivity index (χ1) is 19.0. The third-order valence-corrected chi connectivity index (χ3v) is 6.45. The molecule has 0 spiro atoms. The van der Waals surface area contributed by atoms with Crippen LogP contribution in [-0.4, -0.2) is 53.8 Å². The Bertz CT molecular complexity index is 1370. The standard InChI is InChI=1S/C29H35N5O5/c1-5-6-22(19-35)30-27-26-25(15-16-34(39-4)28(26)36)31-29(32-27)33(17-20-7-11-23(37-2)12-8-20)18-21-9-13-24(38-3)14-10-21/h7-16,22,35H,5-6,17-19H2,1-4H3,(H,30,31,32)/t22-/m0/s1. The number of pyridine rings is 1. The van der Waals surface area contributed by atoms with Crippen LogP contribution in [0.4, 0.5) is 11.8 Å². The zero-order chi connectivity index (χ0) is 27.8. The van der Waals surface area contributed by atoms with Gasteiger partial charge in [0.15, 0.2) is 0 Å². The van der Waals surface area contributed by atoms with Crippen LogP contribution < -0.4 is 30.1 Å². The van der Waals surface area contributed by atoms with E-state index in [0.29, 0.717) is 42.2 Å². The van der Waals surface area contributed by atoms with Gasteiger partial charge in [0.25, 0.3) is 5.56 Å². The monoisotopic (exact) mass is 533 g/mol. The molecule has 0 aliphatic carbocycles. The number of benzene rings is 2. The average molecular weight is 534 g/mol. The maximum Gasteiger partial charge on any atom is 0.296 e. The van der Waals surface area contributed by atoms with Gasteiger partial charge in [-0.3, -0.25) is 4.79 Å². The molecule has 1 atom stereocenters. The third-order valence-electron chi connectivity index (χ3n) is 6.45. The number of methoxy groups -OCH3 is 2. The summed E-state index contributed by atoms with van der Waals surface area (Å²) in [5, 5.41) is 13.6. The highest BCUT2D eigenvalue weighted by Crippen LogP contribution is 2.25. The molecule has 10 nitrogen and oxygen atoms in total. The zero-order valence-electron chi connectivity index (χ0n) is 22.8. The number of aliphatic hydroxyl groups excluding tert-OH is 1. The van der Waals surface area contributed by atoms with Gasteiger partial charge < -0.3 is 29.6 Å². The number of hydrogen-bond donors (Lipinski definition) is 2. The first-order valence-corrected chi connectivity index (χ1v) is 12.9. The predicted molar refractivity (Wildman–Crippen MR) is 152 cm³/mol. The Hall–Kier alpha value is -4.31. The maximum absolute atomic E-state index is 13.2. The predicted octanol–water partition coefficient (Wildman–Crippen LogP) is 3.65. The first kappa shape index (κ1) is 27.7. The summed E-state index contributed by atoms with van der Waals surface area (Å²) in [6.07, 6.45) is 3.11. The molecule has 206 valence electrons. The highest BCUT2D eigenvalue weighted by atomic mass is 16.6. The van der Waals surface area contributed by atoms with Gasteiger partial charge >= 0.3 is 0 Å². The Morgan fingerprint density at radius 1 is 0.923 bits per heavy atom. The van der Waals surface area contributed by atoms with Crippen LogP contribution in [0.25, 0.3) is 10.9 Å². The van der Waals surface area contributed by atoms with Crippen LogP contribution >= 0.6 is 0 Å². The number of rotatable bonds is 13. The van der Waals surface area contributed by atoms with Gasteiger partial charge in [0.2, 0.25) is 5.95 Å². The molecule has 0 radical (unpaired) electrons. The second-order valence-corrected chi connectivity index (χ2v) is 9.13. The lowest BCUT2D eigenvalue weighted by molar-refractivity contribution is 0.158. The van der Waals surface area contributed by atoms with Crippen LogP contribution in [0.2, 0.25) is 0 Å². The van der Waals surface area contributed by atoms with E-state index in [-0.39, 0.29) is 18.2 Å². The zero-order valence-corrected chi connectivity index (χ0v) is 22.8. The van der Waals surface area contributed by atoms with Gasteiger partial charge in [-0.05, 0) is 47.9 Å². The molecule has 2 aromatic carbocycles. The van der Waals surface area contributed by atoms with E-state index in [1.54, 1.807) is 20.3 Å². The lowest BCUT2D eigenvalue weighted by atomic mass is 10.1. The van der Waals surface area contributed by atoms with Gasteiger partial charge in [0, 0.05) is 13.1 Å². The van der Waals surface area contributed by atoms with Gasteiger partial charge in [-0.2, -0.15) is 9.71 Å². The Labute approximate surface area is 227 Å². The summed E-state index contributed by atoms with van der Waals surface area (Å²) in [6, 6.07) is 17.1. The van der Waals surface area contributed by atoms with Gasteiger partial charge in [-0.1, -0.05) is 37.6 Å². The summed E-state index contributed by atoms with van der Waals surface area (Å²) in [7, 11) is 4.70. The number of fused-ring (bicyclic) bond motifs is 1.